The van der Waals surface area contributed by atoms with Crippen molar-refractivity contribution in [2.24, 2.45) is 4.99 Å². The molecule has 0 aliphatic heterocycles. The number of guanidine groups is 1. The molecule has 0 spiro atoms. The fraction of sp³-hybridized carbons (Fsp3) is 0.333. The number of aromatic nitrogens is 1. The van der Waals surface area contributed by atoms with Gasteiger partial charge in [0.15, 0.2) is 11.7 Å². The van der Waals surface area contributed by atoms with Crippen LogP contribution in [0.25, 0.3) is 0 Å². The Bertz CT molecular complexity index is 751. The Morgan fingerprint density at radius 1 is 1.31 bits per heavy atom. The van der Waals surface area contributed by atoms with E-state index in [-0.39, 0.29) is 36.3 Å². The molecule has 2 N–H and O–H groups in total. The number of benzene rings is 1. The number of halogens is 6. The zero-order chi connectivity index (χ0) is 18.4. The van der Waals surface area contributed by atoms with Crippen LogP contribution in [0.1, 0.15) is 16.3 Å². The molecule has 0 unspecified atom stereocenters. The fourth-order valence-electron chi connectivity index (χ4n) is 1.92. The zero-order valence-corrected chi connectivity index (χ0v) is 18.3. The van der Waals surface area contributed by atoms with E-state index in [1.165, 1.54) is 6.07 Å². The highest BCUT2D eigenvalue weighted by molar-refractivity contribution is 14.0. The molecule has 4 nitrogen and oxygen atoms in total. The van der Waals surface area contributed by atoms with Gasteiger partial charge in [-0.1, -0.05) is 15.9 Å². The molecule has 1 aromatic carbocycles. The molecule has 2 rings (SSSR count). The summed E-state index contributed by atoms with van der Waals surface area (Å²) in [5.41, 5.74) is -0.410. The van der Waals surface area contributed by atoms with Crippen LogP contribution in [0.15, 0.2) is 33.0 Å². The number of thiazole rings is 1. The maximum absolute atomic E-state index is 13.7. The summed E-state index contributed by atoms with van der Waals surface area (Å²) in [6.45, 7) is 0.575. The van der Waals surface area contributed by atoms with Gasteiger partial charge >= 0.3 is 6.18 Å². The van der Waals surface area contributed by atoms with Gasteiger partial charge in [0.25, 0.3) is 0 Å². The van der Waals surface area contributed by atoms with Crippen molar-refractivity contribution in [3.63, 3.8) is 0 Å². The maximum Gasteiger partial charge on any atom is 0.434 e. The molecule has 0 fully saturated rings. The molecule has 11 heteroatoms. The van der Waals surface area contributed by atoms with E-state index >= 15 is 0 Å². The molecule has 0 aliphatic rings. The van der Waals surface area contributed by atoms with Crippen molar-refractivity contribution in [1.82, 2.24) is 15.6 Å². The number of rotatable bonds is 5. The number of aliphatic imine (C=N–C) groups is 1. The second-order valence-electron chi connectivity index (χ2n) is 4.96. The van der Waals surface area contributed by atoms with Crippen molar-refractivity contribution in [3.05, 3.63) is 50.1 Å². The summed E-state index contributed by atoms with van der Waals surface area (Å²) in [4.78, 5) is 7.55. The molecule has 1 heterocycles. The van der Waals surface area contributed by atoms with Crippen LogP contribution in [0.2, 0.25) is 0 Å². The lowest BCUT2D eigenvalue weighted by atomic mass is 10.2. The smallest absolute Gasteiger partial charge is 0.356 e. The summed E-state index contributed by atoms with van der Waals surface area (Å²) in [6, 6.07) is 4.62. The Morgan fingerprint density at radius 3 is 2.65 bits per heavy atom. The van der Waals surface area contributed by atoms with Crippen LogP contribution >= 0.6 is 51.2 Å². The van der Waals surface area contributed by atoms with Gasteiger partial charge in [-0.15, -0.1) is 35.3 Å². The number of nitrogens with zero attached hydrogens (tertiary/aromatic N) is 2. The summed E-state index contributed by atoms with van der Waals surface area (Å²) in [5.74, 6) is 0.0839. The first-order chi connectivity index (χ1) is 11.8. The van der Waals surface area contributed by atoms with E-state index in [2.05, 4.69) is 36.5 Å². The van der Waals surface area contributed by atoms with E-state index < -0.39 is 11.9 Å². The summed E-state index contributed by atoms with van der Waals surface area (Å²) in [6.07, 6.45) is -4.10. The highest BCUT2D eigenvalue weighted by Gasteiger charge is 2.33. The predicted octanol–water partition coefficient (Wildman–Crippen LogP) is 4.59. The van der Waals surface area contributed by atoms with E-state index in [0.29, 0.717) is 29.5 Å². The van der Waals surface area contributed by atoms with Crippen LogP contribution in [0.3, 0.4) is 0 Å². The van der Waals surface area contributed by atoms with Gasteiger partial charge in [-0.25, -0.2) is 9.37 Å². The van der Waals surface area contributed by atoms with Crippen molar-refractivity contribution < 1.29 is 17.6 Å². The molecule has 0 saturated heterocycles. The molecule has 0 aliphatic carbocycles. The first kappa shape index (κ1) is 23.1. The molecule has 0 atom stereocenters. The second kappa shape index (κ2) is 10.4. The van der Waals surface area contributed by atoms with Crippen molar-refractivity contribution in [2.75, 3.05) is 13.6 Å². The van der Waals surface area contributed by atoms with Crippen LogP contribution in [-0.2, 0) is 19.1 Å². The van der Waals surface area contributed by atoms with Gasteiger partial charge in [-0.05, 0) is 18.2 Å². The van der Waals surface area contributed by atoms with Crippen molar-refractivity contribution >= 4 is 57.2 Å². The molecule has 0 amide bonds. The minimum Gasteiger partial charge on any atom is -0.356 e. The van der Waals surface area contributed by atoms with Gasteiger partial charge in [-0.2, -0.15) is 13.2 Å². The van der Waals surface area contributed by atoms with Crippen molar-refractivity contribution in [1.29, 1.82) is 0 Å². The summed E-state index contributed by atoms with van der Waals surface area (Å²) >= 11 is 4.24. The largest absolute Gasteiger partial charge is 0.434 e. The van der Waals surface area contributed by atoms with Gasteiger partial charge in [0.1, 0.15) is 5.82 Å². The van der Waals surface area contributed by atoms with E-state index in [4.69, 9.17) is 0 Å². The first-order valence-electron chi connectivity index (χ1n) is 7.19. The Kier molecular flexibility index (Phi) is 9.24. The van der Waals surface area contributed by atoms with Crippen LogP contribution in [0.4, 0.5) is 17.6 Å². The lowest BCUT2D eigenvalue weighted by molar-refractivity contribution is -0.140. The van der Waals surface area contributed by atoms with Gasteiger partial charge in [-0.3, -0.25) is 4.99 Å². The van der Waals surface area contributed by atoms with E-state index in [0.717, 1.165) is 21.2 Å². The molecule has 2 aromatic rings. The molecule has 0 saturated carbocycles. The molecule has 26 heavy (non-hydrogen) atoms. The third-order valence-corrected chi connectivity index (χ3v) is 4.55. The van der Waals surface area contributed by atoms with Crippen LogP contribution < -0.4 is 10.6 Å². The number of hydrogen-bond acceptors (Lipinski definition) is 3. The molecule has 0 bridgehead atoms. The standard InChI is InChI=1S/C15H15BrF4N4S.HI/c1-21-14(23-7-9-6-10(16)2-3-11(9)17)22-5-4-13-24-12(8-25-13)15(18,19)20;/h2-3,6,8H,4-5,7H2,1H3,(H2,21,22,23);1H. The minimum absolute atomic E-state index is 0. The molecule has 0 radical (unpaired) electrons. The normalized spacial score (nSPS) is 11.8. The first-order valence-corrected chi connectivity index (χ1v) is 8.87. The van der Waals surface area contributed by atoms with Gasteiger partial charge in [0.2, 0.25) is 0 Å². The van der Waals surface area contributed by atoms with Gasteiger partial charge < -0.3 is 10.6 Å². The van der Waals surface area contributed by atoms with E-state index in [9.17, 15) is 17.6 Å². The minimum atomic E-state index is -4.42. The zero-order valence-electron chi connectivity index (χ0n) is 13.5. The highest BCUT2D eigenvalue weighted by atomic mass is 127. The van der Waals surface area contributed by atoms with Crippen LogP contribution in [0, 0.1) is 5.82 Å². The van der Waals surface area contributed by atoms with Crippen LogP contribution in [-0.4, -0.2) is 24.5 Å². The topological polar surface area (TPSA) is 49.3 Å². The SMILES string of the molecule is CN=C(NCCc1nc(C(F)(F)F)cs1)NCc1cc(Br)ccc1F.I. The van der Waals surface area contributed by atoms with Crippen molar-refractivity contribution in [2.45, 2.75) is 19.1 Å². The Balaban J connectivity index is 0.00000338. The average Bonchev–Trinajstić information content (AvgIpc) is 3.03. The number of alkyl halides is 3. The third-order valence-electron chi connectivity index (χ3n) is 3.15. The third kappa shape index (κ3) is 6.99. The van der Waals surface area contributed by atoms with E-state index in [1.54, 1.807) is 19.2 Å². The molecule has 1 aromatic heterocycles. The summed E-state index contributed by atoms with van der Waals surface area (Å²) in [5, 5.41) is 7.29. The number of hydrogen-bond donors (Lipinski definition) is 2. The lowest BCUT2D eigenvalue weighted by Gasteiger charge is -2.12. The highest BCUT2D eigenvalue weighted by Crippen LogP contribution is 2.30. The number of nitrogens with one attached hydrogen (secondary N) is 2. The van der Waals surface area contributed by atoms with Gasteiger partial charge in [0, 0.05) is 42.0 Å². The van der Waals surface area contributed by atoms with Crippen LogP contribution in [0.5, 0.6) is 0 Å². The maximum atomic E-state index is 13.7. The summed E-state index contributed by atoms with van der Waals surface area (Å²) < 4.78 is 51.9. The molecular formula is C15H16BrF4IN4S. The summed E-state index contributed by atoms with van der Waals surface area (Å²) in [7, 11) is 1.55. The van der Waals surface area contributed by atoms with Crippen molar-refractivity contribution in [3.8, 4) is 0 Å². The Morgan fingerprint density at radius 2 is 2.04 bits per heavy atom. The Labute approximate surface area is 177 Å². The predicted molar refractivity (Wildman–Crippen MR) is 109 cm³/mol. The fourth-order valence-corrected chi connectivity index (χ4v) is 3.14. The molecule has 144 valence electrons. The lowest BCUT2D eigenvalue weighted by Crippen LogP contribution is -2.38. The quantitative estimate of drug-likeness (QED) is 0.241. The average molecular weight is 567 g/mol. The van der Waals surface area contributed by atoms with E-state index in [1.807, 2.05) is 0 Å². The van der Waals surface area contributed by atoms with Gasteiger partial charge in [0.05, 0.1) is 5.01 Å². The monoisotopic (exact) mass is 566 g/mol. The Hall–Kier alpha value is -0.950. The molecular weight excluding hydrogens is 551 g/mol. The second-order valence-corrected chi connectivity index (χ2v) is 6.82.